The molecule has 0 radical (unpaired) electrons. The molecule has 154 valence electrons. The Kier molecular flexibility index (Phi) is 4.58. The van der Waals surface area contributed by atoms with Crippen LogP contribution in [0.1, 0.15) is 52.7 Å². The molecule has 0 fully saturated rings. The summed E-state index contributed by atoms with van der Waals surface area (Å²) < 4.78 is 0. The van der Waals surface area contributed by atoms with Gasteiger partial charge in [0, 0.05) is 22.5 Å². The molecule has 0 atom stereocenters. The van der Waals surface area contributed by atoms with Crippen molar-refractivity contribution in [2.75, 3.05) is 11.5 Å². The largest absolute Gasteiger partial charge is 0.398 e. The minimum Gasteiger partial charge on any atom is -0.398 e. The standard InChI is InChI=1S/C28H32N2/c1-27(2,3)19-9-11-21-17(15-19)7-13-23(29)25(21)26-22-12-10-20(28(4,5)6)16-18(22)8-14-24(26)30/h7-16H,29-30H2,1-6H3. The summed E-state index contributed by atoms with van der Waals surface area (Å²) in [6.07, 6.45) is 0. The third-order valence-corrected chi connectivity index (χ3v) is 6.09. The molecule has 4 aromatic rings. The molecule has 4 aromatic carbocycles. The van der Waals surface area contributed by atoms with Crippen molar-refractivity contribution in [1.29, 1.82) is 0 Å². The van der Waals surface area contributed by atoms with Crippen LogP contribution >= 0.6 is 0 Å². The first-order valence-electron chi connectivity index (χ1n) is 10.6. The van der Waals surface area contributed by atoms with Crippen LogP contribution in [0.15, 0.2) is 60.7 Å². The molecule has 0 aliphatic rings. The van der Waals surface area contributed by atoms with Crippen molar-refractivity contribution in [2.45, 2.75) is 52.4 Å². The van der Waals surface area contributed by atoms with Gasteiger partial charge in [0.15, 0.2) is 0 Å². The monoisotopic (exact) mass is 396 g/mol. The molecule has 0 aliphatic heterocycles. The van der Waals surface area contributed by atoms with E-state index in [0.29, 0.717) is 0 Å². The maximum absolute atomic E-state index is 6.55. The van der Waals surface area contributed by atoms with Crippen LogP contribution in [0.3, 0.4) is 0 Å². The molecule has 0 spiro atoms. The first kappa shape index (κ1) is 20.3. The first-order valence-corrected chi connectivity index (χ1v) is 10.6. The highest BCUT2D eigenvalue weighted by molar-refractivity contribution is 6.13. The molecule has 2 nitrogen and oxygen atoms in total. The van der Waals surface area contributed by atoms with Gasteiger partial charge in [-0.25, -0.2) is 0 Å². The molecular weight excluding hydrogens is 364 g/mol. The zero-order valence-corrected chi connectivity index (χ0v) is 18.9. The van der Waals surface area contributed by atoms with Crippen molar-refractivity contribution in [1.82, 2.24) is 0 Å². The van der Waals surface area contributed by atoms with E-state index in [0.717, 1.165) is 33.3 Å². The minimum atomic E-state index is 0.0948. The lowest BCUT2D eigenvalue weighted by molar-refractivity contribution is 0.591. The van der Waals surface area contributed by atoms with Crippen LogP contribution in [-0.2, 0) is 10.8 Å². The number of rotatable bonds is 1. The molecule has 0 unspecified atom stereocenters. The summed E-state index contributed by atoms with van der Waals surface area (Å²) in [7, 11) is 0. The Balaban J connectivity index is 2.04. The lowest BCUT2D eigenvalue weighted by Gasteiger charge is -2.22. The Morgan fingerprint density at radius 2 is 0.867 bits per heavy atom. The van der Waals surface area contributed by atoms with E-state index in [1.165, 1.54) is 21.9 Å². The summed E-state index contributed by atoms with van der Waals surface area (Å²) in [5.41, 5.74) is 19.5. The number of hydrogen-bond acceptors (Lipinski definition) is 2. The van der Waals surface area contributed by atoms with E-state index < -0.39 is 0 Å². The van der Waals surface area contributed by atoms with Gasteiger partial charge < -0.3 is 11.5 Å². The zero-order valence-electron chi connectivity index (χ0n) is 18.9. The van der Waals surface area contributed by atoms with Gasteiger partial charge in [-0.05, 0) is 55.6 Å². The average Bonchev–Trinajstić information content (AvgIpc) is 2.66. The molecule has 4 rings (SSSR count). The highest BCUT2D eigenvalue weighted by Crippen LogP contribution is 2.43. The van der Waals surface area contributed by atoms with Gasteiger partial charge >= 0.3 is 0 Å². The van der Waals surface area contributed by atoms with E-state index in [-0.39, 0.29) is 10.8 Å². The number of fused-ring (bicyclic) bond motifs is 2. The van der Waals surface area contributed by atoms with Gasteiger partial charge in [0.1, 0.15) is 0 Å². The third-order valence-electron chi connectivity index (χ3n) is 6.09. The summed E-state index contributed by atoms with van der Waals surface area (Å²) in [6.45, 7) is 13.4. The second-order valence-electron chi connectivity index (χ2n) is 10.4. The highest BCUT2D eigenvalue weighted by atomic mass is 14.6. The van der Waals surface area contributed by atoms with Gasteiger partial charge in [-0.1, -0.05) is 90.1 Å². The van der Waals surface area contributed by atoms with Crippen LogP contribution in [0.4, 0.5) is 11.4 Å². The van der Waals surface area contributed by atoms with Crippen LogP contribution in [0.5, 0.6) is 0 Å². The van der Waals surface area contributed by atoms with E-state index >= 15 is 0 Å². The molecule has 0 saturated heterocycles. The molecule has 30 heavy (non-hydrogen) atoms. The van der Waals surface area contributed by atoms with Gasteiger partial charge in [0.2, 0.25) is 0 Å². The summed E-state index contributed by atoms with van der Waals surface area (Å²) in [4.78, 5) is 0. The van der Waals surface area contributed by atoms with Crippen molar-refractivity contribution in [3.8, 4) is 11.1 Å². The number of hydrogen-bond donors (Lipinski definition) is 2. The average molecular weight is 397 g/mol. The van der Waals surface area contributed by atoms with E-state index in [4.69, 9.17) is 11.5 Å². The van der Waals surface area contributed by atoms with Gasteiger partial charge in [-0.15, -0.1) is 0 Å². The Hall–Kier alpha value is -3.00. The summed E-state index contributed by atoms with van der Waals surface area (Å²) in [6, 6.07) is 21.6. The van der Waals surface area contributed by atoms with Gasteiger partial charge in [-0.2, -0.15) is 0 Å². The smallest absolute Gasteiger partial charge is 0.0401 e. The van der Waals surface area contributed by atoms with E-state index in [2.05, 4.69) is 90.1 Å². The van der Waals surface area contributed by atoms with Gasteiger partial charge in [0.05, 0.1) is 0 Å². The number of benzene rings is 4. The van der Waals surface area contributed by atoms with Crippen LogP contribution in [-0.4, -0.2) is 0 Å². The second-order valence-corrected chi connectivity index (χ2v) is 10.4. The summed E-state index contributed by atoms with van der Waals surface area (Å²) >= 11 is 0. The number of nitrogens with two attached hydrogens (primary N) is 2. The molecule has 2 heteroatoms. The first-order chi connectivity index (χ1) is 14.0. The van der Waals surface area contributed by atoms with Gasteiger partial charge in [0.25, 0.3) is 0 Å². The fourth-order valence-electron chi connectivity index (χ4n) is 4.18. The molecule has 0 bridgehead atoms. The van der Waals surface area contributed by atoms with Gasteiger partial charge in [-0.3, -0.25) is 0 Å². The Morgan fingerprint density at radius 3 is 1.20 bits per heavy atom. The molecular formula is C28H32N2. The molecule has 0 heterocycles. The van der Waals surface area contributed by atoms with Crippen LogP contribution in [0, 0.1) is 0 Å². The minimum absolute atomic E-state index is 0.0948. The fourth-order valence-corrected chi connectivity index (χ4v) is 4.18. The lowest BCUT2D eigenvalue weighted by atomic mass is 9.83. The normalized spacial score (nSPS) is 12.6. The zero-order chi connectivity index (χ0) is 21.8. The SMILES string of the molecule is CC(C)(C)c1ccc2c(-c3c(N)ccc4cc(C(C)(C)C)ccc34)c(N)ccc2c1. The molecule has 0 aromatic heterocycles. The molecule has 0 saturated carbocycles. The number of anilines is 2. The number of nitrogen functional groups attached to an aromatic ring is 2. The van der Waals surface area contributed by atoms with Crippen LogP contribution in [0.2, 0.25) is 0 Å². The maximum Gasteiger partial charge on any atom is 0.0401 e. The topological polar surface area (TPSA) is 52.0 Å². The predicted octanol–water partition coefficient (Wildman–Crippen LogP) is 7.42. The Labute approximate surface area is 179 Å². The van der Waals surface area contributed by atoms with E-state index in [1.807, 2.05) is 12.1 Å². The predicted molar refractivity (Wildman–Crippen MR) is 133 cm³/mol. The Bertz CT molecular complexity index is 1170. The van der Waals surface area contributed by atoms with E-state index in [1.54, 1.807) is 0 Å². The summed E-state index contributed by atoms with van der Waals surface area (Å²) in [5.74, 6) is 0. The quantitative estimate of drug-likeness (QED) is 0.329. The molecule has 4 N–H and O–H groups in total. The van der Waals surface area contributed by atoms with E-state index in [9.17, 15) is 0 Å². The Morgan fingerprint density at radius 1 is 0.500 bits per heavy atom. The maximum atomic E-state index is 6.55. The lowest BCUT2D eigenvalue weighted by Crippen LogP contribution is -2.11. The molecule has 0 aliphatic carbocycles. The van der Waals surface area contributed by atoms with Crippen molar-refractivity contribution in [3.63, 3.8) is 0 Å². The third kappa shape index (κ3) is 3.41. The van der Waals surface area contributed by atoms with Crippen molar-refractivity contribution < 1.29 is 0 Å². The van der Waals surface area contributed by atoms with Crippen molar-refractivity contribution in [3.05, 3.63) is 71.8 Å². The second kappa shape index (κ2) is 6.77. The highest BCUT2D eigenvalue weighted by Gasteiger charge is 2.19. The molecule has 0 amide bonds. The van der Waals surface area contributed by atoms with Crippen LogP contribution < -0.4 is 11.5 Å². The van der Waals surface area contributed by atoms with Crippen molar-refractivity contribution >= 4 is 32.9 Å². The summed E-state index contributed by atoms with van der Waals surface area (Å²) in [5, 5.41) is 4.66. The van der Waals surface area contributed by atoms with Crippen molar-refractivity contribution in [2.24, 2.45) is 0 Å². The fraction of sp³-hybridized carbons (Fsp3) is 0.286. The van der Waals surface area contributed by atoms with Crippen LogP contribution in [0.25, 0.3) is 32.7 Å².